The number of hydrazone groups is 1. The summed E-state index contributed by atoms with van der Waals surface area (Å²) >= 11 is 6.61. The minimum Gasteiger partial charge on any atom is -0.497 e. The van der Waals surface area contributed by atoms with Gasteiger partial charge in [0.1, 0.15) is 16.7 Å². The lowest BCUT2D eigenvalue weighted by molar-refractivity contribution is 0.110. The van der Waals surface area contributed by atoms with Crippen LogP contribution in [0.25, 0.3) is 10.9 Å². The summed E-state index contributed by atoms with van der Waals surface area (Å²) in [7, 11) is 1.63. The number of rotatable bonds is 4. The second-order valence-corrected chi connectivity index (χ2v) is 7.74. The highest BCUT2D eigenvalue weighted by molar-refractivity contribution is 6.30. The first-order valence-corrected chi connectivity index (χ1v) is 10.7. The summed E-state index contributed by atoms with van der Waals surface area (Å²) < 4.78 is 11.6. The minimum atomic E-state index is -0.632. The second kappa shape index (κ2) is 8.88. The van der Waals surface area contributed by atoms with E-state index in [2.05, 4.69) is 9.97 Å². The van der Waals surface area contributed by atoms with E-state index in [1.807, 2.05) is 73.7 Å². The van der Waals surface area contributed by atoms with Crippen LogP contribution in [-0.4, -0.2) is 33.8 Å². The van der Waals surface area contributed by atoms with Crippen molar-refractivity contribution >= 4 is 39.9 Å². The number of halogens is 1. The van der Waals surface area contributed by atoms with Crippen LogP contribution in [0.4, 0.5) is 5.69 Å². The van der Waals surface area contributed by atoms with Gasteiger partial charge in [0.05, 0.1) is 23.9 Å². The predicted molar refractivity (Wildman–Crippen MR) is 129 cm³/mol. The number of para-hydroxylation sites is 1. The molecule has 2 aromatic carbocycles. The zero-order valence-electron chi connectivity index (χ0n) is 18.0. The molecule has 0 bridgehead atoms. The quantitative estimate of drug-likeness (QED) is 0.222. The van der Waals surface area contributed by atoms with E-state index in [9.17, 15) is 0 Å². The third kappa shape index (κ3) is 4.23. The largest absolute Gasteiger partial charge is 0.497 e. The fourth-order valence-corrected chi connectivity index (χ4v) is 3.83. The van der Waals surface area contributed by atoms with E-state index in [-0.39, 0.29) is 0 Å². The number of aliphatic imine (C=N–C) groups is 1. The van der Waals surface area contributed by atoms with E-state index in [0.29, 0.717) is 22.4 Å². The van der Waals surface area contributed by atoms with Gasteiger partial charge in [-0.2, -0.15) is 0 Å². The smallest absolute Gasteiger partial charge is 0.241 e. The molecule has 7 nitrogen and oxygen atoms in total. The van der Waals surface area contributed by atoms with E-state index in [4.69, 9.17) is 31.2 Å². The maximum absolute atomic E-state index is 6.61. The van der Waals surface area contributed by atoms with Crippen molar-refractivity contribution in [1.29, 1.82) is 0 Å². The molecule has 2 aromatic heterocycles. The van der Waals surface area contributed by atoms with E-state index < -0.39 is 6.23 Å². The molecule has 33 heavy (non-hydrogen) atoms. The molecule has 0 N–H and O–H groups in total. The maximum atomic E-state index is 6.61. The fourth-order valence-electron chi connectivity index (χ4n) is 3.59. The number of hydrogen-bond acceptors (Lipinski definition) is 6. The third-order valence-corrected chi connectivity index (χ3v) is 5.52. The van der Waals surface area contributed by atoms with Crippen LogP contribution in [0.2, 0.25) is 5.15 Å². The summed E-state index contributed by atoms with van der Waals surface area (Å²) in [6, 6.07) is 21.0. The van der Waals surface area contributed by atoms with Crippen LogP contribution >= 0.6 is 11.6 Å². The maximum Gasteiger partial charge on any atom is 0.241 e. The molecule has 0 radical (unpaired) electrons. The Labute approximate surface area is 196 Å². The first-order valence-electron chi connectivity index (χ1n) is 10.3. The van der Waals surface area contributed by atoms with Crippen molar-refractivity contribution in [2.24, 2.45) is 10.1 Å². The molecule has 0 saturated carbocycles. The molecule has 0 amide bonds. The number of hydrogen-bond donors (Lipinski definition) is 0. The van der Waals surface area contributed by atoms with Crippen LogP contribution in [0.3, 0.4) is 0 Å². The van der Waals surface area contributed by atoms with E-state index in [0.717, 1.165) is 27.9 Å². The molecule has 3 heterocycles. The molecule has 1 atom stereocenters. The molecule has 164 valence electrons. The third-order valence-electron chi connectivity index (χ3n) is 5.22. The van der Waals surface area contributed by atoms with E-state index >= 15 is 0 Å². The summed E-state index contributed by atoms with van der Waals surface area (Å²) in [5.41, 5.74) is 3.05. The number of benzene rings is 2. The van der Waals surface area contributed by atoms with Gasteiger partial charge in [0.15, 0.2) is 0 Å². The van der Waals surface area contributed by atoms with Gasteiger partial charge in [-0.25, -0.2) is 15.0 Å². The lowest BCUT2D eigenvalue weighted by atomic mass is 10.1. The summed E-state index contributed by atoms with van der Waals surface area (Å²) in [5, 5.41) is 7.75. The van der Waals surface area contributed by atoms with Crippen molar-refractivity contribution in [3.8, 4) is 5.75 Å². The van der Waals surface area contributed by atoms with Gasteiger partial charge in [0.25, 0.3) is 0 Å². The highest BCUT2D eigenvalue weighted by Gasteiger charge is 2.34. The predicted octanol–water partition coefficient (Wildman–Crippen LogP) is 5.73. The number of fused-ring (bicyclic) bond motifs is 1. The van der Waals surface area contributed by atoms with Crippen LogP contribution < -0.4 is 4.74 Å². The standard InChI is InChI=1S/C25H20ClN5O2/c1-16(28-19-7-5-8-20(15-19)32-2)31-25(33-24(30-31)17-10-12-27-13-11-17)21-14-18-6-3-4-9-22(18)29-23(21)26/h3-15,25H,1-2H3. The molecule has 1 aliphatic rings. The minimum absolute atomic E-state index is 0.351. The number of amidine groups is 1. The van der Waals surface area contributed by atoms with E-state index in [1.54, 1.807) is 24.5 Å². The molecule has 1 aliphatic heterocycles. The van der Waals surface area contributed by atoms with Crippen LogP contribution in [0.5, 0.6) is 5.75 Å². The highest BCUT2D eigenvalue weighted by Crippen LogP contribution is 2.36. The average Bonchev–Trinajstić information content (AvgIpc) is 3.30. The molecule has 8 heteroatoms. The lowest BCUT2D eigenvalue weighted by Gasteiger charge is -2.22. The Morgan fingerprint density at radius 1 is 1.06 bits per heavy atom. The van der Waals surface area contributed by atoms with Gasteiger partial charge in [-0.05, 0) is 43.3 Å². The number of pyridine rings is 2. The summed E-state index contributed by atoms with van der Waals surface area (Å²) in [5.74, 6) is 1.80. The van der Waals surface area contributed by atoms with Gasteiger partial charge in [0.2, 0.25) is 12.1 Å². The monoisotopic (exact) mass is 457 g/mol. The molecule has 1 unspecified atom stereocenters. The normalized spacial score (nSPS) is 16.0. The van der Waals surface area contributed by atoms with Crippen molar-refractivity contribution in [1.82, 2.24) is 15.0 Å². The lowest BCUT2D eigenvalue weighted by Crippen LogP contribution is -2.26. The Hall–Kier alpha value is -3.97. The van der Waals surface area contributed by atoms with Gasteiger partial charge >= 0.3 is 0 Å². The van der Waals surface area contributed by atoms with Gasteiger partial charge in [0, 0.05) is 29.4 Å². The Bertz CT molecular complexity index is 1370. The molecule has 0 fully saturated rings. The summed E-state index contributed by atoms with van der Waals surface area (Å²) in [6.45, 7) is 1.87. The van der Waals surface area contributed by atoms with Crippen molar-refractivity contribution < 1.29 is 9.47 Å². The Balaban J connectivity index is 1.59. The zero-order valence-corrected chi connectivity index (χ0v) is 18.8. The van der Waals surface area contributed by atoms with Crippen LogP contribution in [0.15, 0.2) is 89.2 Å². The molecular formula is C25H20ClN5O2. The number of aromatic nitrogens is 2. The van der Waals surface area contributed by atoms with Crippen molar-refractivity contribution in [2.75, 3.05) is 7.11 Å². The fraction of sp³-hybridized carbons (Fsp3) is 0.120. The van der Waals surface area contributed by atoms with Crippen LogP contribution in [-0.2, 0) is 4.74 Å². The van der Waals surface area contributed by atoms with Crippen molar-refractivity contribution in [3.63, 3.8) is 0 Å². The molecule has 0 saturated heterocycles. The Kier molecular flexibility index (Phi) is 5.62. The van der Waals surface area contributed by atoms with Gasteiger partial charge in [-0.3, -0.25) is 4.98 Å². The number of nitrogens with zero attached hydrogens (tertiary/aromatic N) is 5. The molecule has 4 aromatic rings. The molecule has 5 rings (SSSR count). The highest BCUT2D eigenvalue weighted by atomic mass is 35.5. The first-order chi connectivity index (χ1) is 16.1. The van der Waals surface area contributed by atoms with Crippen LogP contribution in [0.1, 0.15) is 24.3 Å². The van der Waals surface area contributed by atoms with Gasteiger partial charge in [-0.15, -0.1) is 5.10 Å². The summed E-state index contributed by atoms with van der Waals surface area (Å²) in [6.07, 6.45) is 2.76. The van der Waals surface area contributed by atoms with Crippen LogP contribution in [0, 0.1) is 0 Å². The summed E-state index contributed by atoms with van der Waals surface area (Å²) in [4.78, 5) is 13.4. The second-order valence-electron chi connectivity index (χ2n) is 7.38. The first kappa shape index (κ1) is 20.9. The van der Waals surface area contributed by atoms with Gasteiger partial charge in [-0.1, -0.05) is 35.9 Å². The van der Waals surface area contributed by atoms with Crippen molar-refractivity contribution in [2.45, 2.75) is 13.2 Å². The molecule has 0 aliphatic carbocycles. The Morgan fingerprint density at radius 3 is 2.70 bits per heavy atom. The zero-order chi connectivity index (χ0) is 22.8. The number of ether oxygens (including phenoxy) is 2. The van der Waals surface area contributed by atoms with E-state index in [1.165, 1.54) is 0 Å². The topological polar surface area (TPSA) is 72.2 Å². The average molecular weight is 458 g/mol. The SMILES string of the molecule is COc1cccc(N=C(C)N2N=C(c3ccncc3)OC2c2cc3ccccc3nc2Cl)c1. The Morgan fingerprint density at radius 2 is 1.88 bits per heavy atom. The molecular weight excluding hydrogens is 438 g/mol. The molecule has 0 spiro atoms. The van der Waals surface area contributed by atoms with Crippen molar-refractivity contribution in [3.05, 3.63) is 95.4 Å². The van der Waals surface area contributed by atoms with Gasteiger partial charge < -0.3 is 9.47 Å². The number of methoxy groups -OCH3 is 1.